The van der Waals surface area contributed by atoms with Gasteiger partial charge in [0.15, 0.2) is 0 Å². The minimum atomic E-state index is -4.44. The molecule has 0 spiro atoms. The van der Waals surface area contributed by atoms with Gasteiger partial charge >= 0.3 is 6.18 Å². The maximum atomic E-state index is 12.7. The Kier molecular flexibility index (Phi) is 3.62. The normalized spacial score (nSPS) is 17.8. The van der Waals surface area contributed by atoms with Crippen molar-refractivity contribution in [3.8, 4) is 0 Å². The molecular weight excluding hydrogens is 323 g/mol. The average molecular weight is 337 g/mol. The van der Waals surface area contributed by atoms with Gasteiger partial charge in [-0.25, -0.2) is 0 Å². The van der Waals surface area contributed by atoms with E-state index in [1.54, 1.807) is 10.8 Å². The van der Waals surface area contributed by atoms with Crippen molar-refractivity contribution in [2.24, 2.45) is 5.73 Å². The summed E-state index contributed by atoms with van der Waals surface area (Å²) in [6.45, 7) is 2.13. The Hall–Kier alpha value is -2.77. The molecule has 0 unspecified atom stereocenters. The number of primary amides is 1. The fraction of sp³-hybridized carbons (Fsp3) is 0.250. The van der Waals surface area contributed by atoms with E-state index in [0.29, 0.717) is 5.69 Å². The van der Waals surface area contributed by atoms with Gasteiger partial charge in [0.2, 0.25) is 0 Å². The summed E-state index contributed by atoms with van der Waals surface area (Å²) in [7, 11) is 0. The Morgan fingerprint density at radius 1 is 1.21 bits per heavy atom. The molecule has 5 nitrogen and oxygen atoms in total. The van der Waals surface area contributed by atoms with Crippen molar-refractivity contribution in [1.29, 1.82) is 0 Å². The highest BCUT2D eigenvalue weighted by molar-refractivity contribution is 6.12. The summed E-state index contributed by atoms with van der Waals surface area (Å²) in [5.74, 6) is -1.19. The number of hydrogen-bond donors (Lipinski definition) is 1. The van der Waals surface area contributed by atoms with Crippen molar-refractivity contribution in [2.75, 3.05) is 11.4 Å². The van der Waals surface area contributed by atoms with Crippen LogP contribution < -0.4 is 10.6 Å². The Morgan fingerprint density at radius 2 is 1.83 bits per heavy atom. The smallest absolute Gasteiger partial charge is 0.366 e. The minimum Gasteiger partial charge on any atom is -0.366 e. The first-order chi connectivity index (χ1) is 11.2. The highest BCUT2D eigenvalue weighted by Gasteiger charge is 2.34. The lowest BCUT2D eigenvalue weighted by Crippen LogP contribution is -2.43. The van der Waals surface area contributed by atoms with E-state index in [0.717, 1.165) is 12.1 Å². The molecular formula is C16H14F3N3O2. The third kappa shape index (κ3) is 2.53. The molecule has 0 saturated heterocycles. The molecule has 24 heavy (non-hydrogen) atoms. The summed E-state index contributed by atoms with van der Waals surface area (Å²) in [5.41, 5.74) is 5.10. The van der Waals surface area contributed by atoms with E-state index in [9.17, 15) is 22.8 Å². The van der Waals surface area contributed by atoms with Crippen LogP contribution in [0.2, 0.25) is 0 Å². The Bertz CT molecular complexity index is 809. The molecule has 3 rings (SSSR count). The monoisotopic (exact) mass is 337 g/mol. The maximum Gasteiger partial charge on any atom is 0.416 e. The summed E-state index contributed by atoms with van der Waals surface area (Å²) in [5, 5.41) is 0. The van der Waals surface area contributed by atoms with Crippen LogP contribution in [0, 0.1) is 0 Å². The van der Waals surface area contributed by atoms with E-state index in [1.807, 2.05) is 6.92 Å². The zero-order valence-electron chi connectivity index (χ0n) is 12.7. The van der Waals surface area contributed by atoms with Gasteiger partial charge < -0.3 is 15.2 Å². The lowest BCUT2D eigenvalue weighted by atomic mass is 10.1. The van der Waals surface area contributed by atoms with Gasteiger partial charge in [0.25, 0.3) is 11.8 Å². The molecule has 0 bridgehead atoms. The Labute approximate surface area is 135 Å². The molecule has 2 amide bonds. The average Bonchev–Trinajstić information content (AvgIpc) is 2.96. The molecule has 2 heterocycles. The van der Waals surface area contributed by atoms with E-state index in [-0.39, 0.29) is 23.8 Å². The topological polar surface area (TPSA) is 68.3 Å². The largest absolute Gasteiger partial charge is 0.416 e. The van der Waals surface area contributed by atoms with Crippen LogP contribution in [0.5, 0.6) is 0 Å². The fourth-order valence-electron chi connectivity index (χ4n) is 2.86. The van der Waals surface area contributed by atoms with Gasteiger partial charge in [0.05, 0.1) is 11.1 Å². The Balaban J connectivity index is 2.00. The fourth-order valence-corrected chi connectivity index (χ4v) is 2.86. The molecule has 0 fully saturated rings. The molecule has 0 aliphatic carbocycles. The minimum absolute atomic E-state index is 0.100. The van der Waals surface area contributed by atoms with Crippen LogP contribution in [0.25, 0.3) is 0 Å². The predicted octanol–water partition coefficient (Wildman–Crippen LogP) is 2.83. The lowest BCUT2D eigenvalue weighted by Gasteiger charge is -2.33. The number of benzene rings is 1. The first-order valence-electron chi connectivity index (χ1n) is 7.20. The number of aromatic nitrogens is 1. The van der Waals surface area contributed by atoms with E-state index in [4.69, 9.17) is 5.73 Å². The summed E-state index contributed by atoms with van der Waals surface area (Å²) >= 11 is 0. The third-order valence-corrected chi connectivity index (χ3v) is 4.06. The van der Waals surface area contributed by atoms with Gasteiger partial charge in [-0.15, -0.1) is 0 Å². The highest BCUT2D eigenvalue weighted by atomic mass is 19.4. The number of fused-ring (bicyclic) bond motifs is 1. The maximum absolute atomic E-state index is 12.7. The third-order valence-electron chi connectivity index (χ3n) is 4.06. The van der Waals surface area contributed by atoms with Crippen LogP contribution in [0.15, 0.2) is 36.5 Å². The molecule has 1 atom stereocenters. The van der Waals surface area contributed by atoms with Crippen LogP contribution >= 0.6 is 0 Å². The van der Waals surface area contributed by atoms with Crippen molar-refractivity contribution in [3.63, 3.8) is 0 Å². The van der Waals surface area contributed by atoms with Gasteiger partial charge in [0, 0.05) is 24.5 Å². The molecule has 2 N–H and O–H groups in total. The van der Waals surface area contributed by atoms with Gasteiger partial charge in [-0.05, 0) is 37.3 Å². The zero-order valence-corrected chi connectivity index (χ0v) is 12.7. The predicted molar refractivity (Wildman–Crippen MR) is 80.8 cm³/mol. The van der Waals surface area contributed by atoms with Crippen molar-refractivity contribution in [1.82, 2.24) is 4.57 Å². The lowest BCUT2D eigenvalue weighted by molar-refractivity contribution is -0.137. The number of alkyl halides is 3. The highest BCUT2D eigenvalue weighted by Crippen LogP contribution is 2.33. The van der Waals surface area contributed by atoms with Crippen molar-refractivity contribution >= 4 is 17.5 Å². The summed E-state index contributed by atoms with van der Waals surface area (Å²) in [6.07, 6.45) is -2.83. The SMILES string of the molecule is C[C@H]1CN(c2ccc(C(F)(F)F)cc2)C(=O)c2c(C(N)=O)ccn21. The molecule has 2 aromatic rings. The first kappa shape index (κ1) is 16.1. The Morgan fingerprint density at radius 3 is 2.38 bits per heavy atom. The standard InChI is InChI=1S/C16H14F3N3O2/c1-9-8-22(11-4-2-10(3-5-11)16(17,18)19)15(24)13-12(14(20)23)6-7-21(9)13/h2-7,9H,8H2,1H3,(H2,20,23)/t9-/m0/s1. The van der Waals surface area contributed by atoms with Crippen LogP contribution in [0.3, 0.4) is 0 Å². The molecule has 1 aromatic heterocycles. The number of carbonyl (C=O) groups excluding carboxylic acids is 2. The summed E-state index contributed by atoms with van der Waals surface area (Å²) in [6, 6.07) is 5.67. The number of hydrogen-bond acceptors (Lipinski definition) is 2. The van der Waals surface area contributed by atoms with E-state index in [2.05, 4.69) is 0 Å². The molecule has 1 aliphatic rings. The van der Waals surface area contributed by atoms with Crippen molar-refractivity contribution in [2.45, 2.75) is 19.1 Å². The number of nitrogens with zero attached hydrogens (tertiary/aromatic N) is 2. The van der Waals surface area contributed by atoms with Crippen molar-refractivity contribution < 1.29 is 22.8 Å². The molecule has 126 valence electrons. The number of carbonyl (C=O) groups is 2. The van der Waals surface area contributed by atoms with E-state index in [1.165, 1.54) is 23.1 Å². The number of halogens is 3. The van der Waals surface area contributed by atoms with E-state index < -0.39 is 23.6 Å². The molecule has 1 aliphatic heterocycles. The van der Waals surface area contributed by atoms with Crippen LogP contribution in [-0.2, 0) is 6.18 Å². The van der Waals surface area contributed by atoms with Gasteiger partial charge in [-0.3, -0.25) is 9.59 Å². The molecule has 1 aromatic carbocycles. The van der Waals surface area contributed by atoms with Crippen LogP contribution in [0.1, 0.15) is 39.4 Å². The van der Waals surface area contributed by atoms with Crippen molar-refractivity contribution in [3.05, 3.63) is 53.3 Å². The summed E-state index contributed by atoms with van der Waals surface area (Å²) in [4.78, 5) is 25.6. The van der Waals surface area contributed by atoms with Gasteiger partial charge in [0.1, 0.15) is 5.69 Å². The van der Waals surface area contributed by atoms with Gasteiger partial charge in [-0.1, -0.05) is 0 Å². The second kappa shape index (κ2) is 5.40. The molecule has 8 heteroatoms. The number of rotatable bonds is 2. The van der Waals surface area contributed by atoms with Gasteiger partial charge in [-0.2, -0.15) is 13.2 Å². The quantitative estimate of drug-likeness (QED) is 0.915. The molecule has 0 radical (unpaired) electrons. The first-order valence-corrected chi connectivity index (χ1v) is 7.20. The van der Waals surface area contributed by atoms with Crippen LogP contribution in [0.4, 0.5) is 18.9 Å². The number of amides is 2. The van der Waals surface area contributed by atoms with E-state index >= 15 is 0 Å². The second-order valence-electron chi connectivity index (χ2n) is 5.66. The molecule has 0 saturated carbocycles. The zero-order chi connectivity index (χ0) is 17.6. The second-order valence-corrected chi connectivity index (χ2v) is 5.66. The number of nitrogens with two attached hydrogens (primary N) is 1. The number of anilines is 1. The van der Waals surface area contributed by atoms with Crippen LogP contribution in [-0.4, -0.2) is 22.9 Å². The summed E-state index contributed by atoms with van der Waals surface area (Å²) < 4.78 is 39.6.